The van der Waals surface area contributed by atoms with Crippen molar-refractivity contribution in [3.05, 3.63) is 0 Å². The standard InChI is InChI=1S/C9H17N3O/c1-7(2)11-3-4-12(9(11)13)8-5-10-6-8/h7-8,10H,3-6H2,1-2H3. The van der Waals surface area contributed by atoms with Gasteiger partial charge >= 0.3 is 6.03 Å². The van der Waals surface area contributed by atoms with Crippen molar-refractivity contribution in [3.8, 4) is 0 Å². The van der Waals surface area contributed by atoms with Gasteiger partial charge in [0.2, 0.25) is 0 Å². The van der Waals surface area contributed by atoms with Crippen LogP contribution in [0, 0.1) is 0 Å². The van der Waals surface area contributed by atoms with Crippen molar-refractivity contribution in [1.29, 1.82) is 0 Å². The van der Waals surface area contributed by atoms with Crippen molar-refractivity contribution >= 4 is 6.03 Å². The van der Waals surface area contributed by atoms with Crippen LogP contribution in [0.25, 0.3) is 0 Å². The molecule has 2 heterocycles. The molecule has 0 radical (unpaired) electrons. The predicted octanol–water partition coefficient (Wildman–Crippen LogP) is 0.104. The third-order valence-corrected chi connectivity index (χ3v) is 2.90. The number of amides is 2. The lowest BCUT2D eigenvalue weighted by atomic mass is 10.1. The Morgan fingerprint density at radius 1 is 1.38 bits per heavy atom. The Morgan fingerprint density at radius 3 is 2.46 bits per heavy atom. The van der Waals surface area contributed by atoms with Crippen LogP contribution in [-0.4, -0.2) is 54.1 Å². The first-order valence-corrected chi connectivity index (χ1v) is 4.98. The summed E-state index contributed by atoms with van der Waals surface area (Å²) in [6, 6.07) is 1.02. The average molecular weight is 183 g/mol. The second-order valence-electron chi connectivity index (χ2n) is 4.08. The van der Waals surface area contributed by atoms with Crippen LogP contribution in [0.4, 0.5) is 4.79 Å². The first kappa shape index (κ1) is 8.81. The molecule has 0 unspecified atom stereocenters. The Hall–Kier alpha value is -0.770. The van der Waals surface area contributed by atoms with Gasteiger partial charge in [0.15, 0.2) is 0 Å². The van der Waals surface area contributed by atoms with E-state index in [0.717, 1.165) is 26.2 Å². The first-order valence-electron chi connectivity index (χ1n) is 4.98. The van der Waals surface area contributed by atoms with E-state index in [2.05, 4.69) is 19.2 Å². The maximum atomic E-state index is 11.8. The van der Waals surface area contributed by atoms with Gasteiger partial charge in [0.25, 0.3) is 0 Å². The van der Waals surface area contributed by atoms with Crippen molar-refractivity contribution in [2.45, 2.75) is 25.9 Å². The zero-order valence-electron chi connectivity index (χ0n) is 8.29. The summed E-state index contributed by atoms with van der Waals surface area (Å²) >= 11 is 0. The topological polar surface area (TPSA) is 35.6 Å². The Balaban J connectivity index is 1.97. The molecule has 0 saturated carbocycles. The molecule has 0 aromatic carbocycles. The molecule has 0 bridgehead atoms. The summed E-state index contributed by atoms with van der Waals surface area (Å²) in [5.74, 6) is 0. The lowest BCUT2D eigenvalue weighted by Crippen LogP contribution is -2.58. The number of urea groups is 1. The van der Waals surface area contributed by atoms with Gasteiger partial charge in [0, 0.05) is 32.2 Å². The number of nitrogens with zero attached hydrogens (tertiary/aromatic N) is 2. The quantitative estimate of drug-likeness (QED) is 0.659. The van der Waals surface area contributed by atoms with E-state index in [-0.39, 0.29) is 6.03 Å². The molecule has 2 rings (SSSR count). The monoisotopic (exact) mass is 183 g/mol. The normalized spacial score (nSPS) is 24.4. The van der Waals surface area contributed by atoms with E-state index in [0.29, 0.717) is 12.1 Å². The molecule has 1 N–H and O–H groups in total. The van der Waals surface area contributed by atoms with Gasteiger partial charge in [0.05, 0.1) is 6.04 Å². The van der Waals surface area contributed by atoms with Gasteiger partial charge in [-0.25, -0.2) is 4.79 Å². The number of hydrogen-bond acceptors (Lipinski definition) is 2. The minimum absolute atomic E-state index is 0.224. The molecule has 2 aliphatic heterocycles. The van der Waals surface area contributed by atoms with Gasteiger partial charge in [-0.3, -0.25) is 0 Å². The van der Waals surface area contributed by atoms with Gasteiger partial charge in [-0.2, -0.15) is 0 Å². The van der Waals surface area contributed by atoms with Crippen molar-refractivity contribution in [3.63, 3.8) is 0 Å². The van der Waals surface area contributed by atoms with Gasteiger partial charge in [-0.15, -0.1) is 0 Å². The van der Waals surface area contributed by atoms with Gasteiger partial charge < -0.3 is 15.1 Å². The number of hydrogen-bond donors (Lipinski definition) is 1. The first-order chi connectivity index (χ1) is 6.20. The summed E-state index contributed by atoms with van der Waals surface area (Å²) in [6.07, 6.45) is 0. The number of carbonyl (C=O) groups is 1. The van der Waals surface area contributed by atoms with E-state index in [1.807, 2.05) is 9.80 Å². The van der Waals surface area contributed by atoms with Crippen LogP contribution in [0.1, 0.15) is 13.8 Å². The van der Waals surface area contributed by atoms with Crippen LogP contribution in [0.2, 0.25) is 0 Å². The van der Waals surface area contributed by atoms with E-state index in [1.54, 1.807) is 0 Å². The highest BCUT2D eigenvalue weighted by Gasteiger charge is 2.36. The Kier molecular flexibility index (Phi) is 2.15. The second-order valence-corrected chi connectivity index (χ2v) is 4.08. The average Bonchev–Trinajstić information content (AvgIpc) is 2.29. The predicted molar refractivity (Wildman–Crippen MR) is 50.6 cm³/mol. The smallest absolute Gasteiger partial charge is 0.320 e. The molecule has 0 atom stereocenters. The van der Waals surface area contributed by atoms with Gasteiger partial charge in [-0.1, -0.05) is 0 Å². The van der Waals surface area contributed by atoms with Crippen molar-refractivity contribution in [1.82, 2.24) is 15.1 Å². The molecule has 2 fully saturated rings. The van der Waals surface area contributed by atoms with Gasteiger partial charge in [0.1, 0.15) is 0 Å². The number of nitrogens with one attached hydrogen (secondary N) is 1. The van der Waals surface area contributed by atoms with Crippen LogP contribution >= 0.6 is 0 Å². The third-order valence-electron chi connectivity index (χ3n) is 2.90. The summed E-state index contributed by atoms with van der Waals surface area (Å²) in [5.41, 5.74) is 0. The summed E-state index contributed by atoms with van der Waals surface area (Å²) in [7, 11) is 0. The molecule has 0 aromatic rings. The Labute approximate surface area is 78.9 Å². The molecule has 13 heavy (non-hydrogen) atoms. The van der Waals surface area contributed by atoms with E-state index >= 15 is 0 Å². The van der Waals surface area contributed by atoms with E-state index in [9.17, 15) is 4.79 Å². The molecule has 0 spiro atoms. The van der Waals surface area contributed by atoms with E-state index in [1.165, 1.54) is 0 Å². The van der Waals surface area contributed by atoms with Crippen molar-refractivity contribution in [2.75, 3.05) is 26.2 Å². The second kappa shape index (κ2) is 3.18. The fourth-order valence-electron chi connectivity index (χ4n) is 1.88. The molecule has 0 aromatic heterocycles. The molecule has 2 aliphatic rings. The Bertz CT molecular complexity index is 213. The maximum absolute atomic E-state index is 11.8. The summed E-state index contributed by atoms with van der Waals surface area (Å²) < 4.78 is 0. The zero-order chi connectivity index (χ0) is 9.42. The van der Waals surface area contributed by atoms with E-state index < -0.39 is 0 Å². The Morgan fingerprint density at radius 2 is 2.08 bits per heavy atom. The van der Waals surface area contributed by atoms with Crippen LogP contribution < -0.4 is 5.32 Å². The van der Waals surface area contributed by atoms with Crippen LogP contribution in [0.15, 0.2) is 0 Å². The highest BCUT2D eigenvalue weighted by atomic mass is 16.2. The van der Waals surface area contributed by atoms with Crippen LogP contribution in [0.5, 0.6) is 0 Å². The molecular formula is C9H17N3O. The SMILES string of the molecule is CC(C)N1CCN(C2CNC2)C1=O. The largest absolute Gasteiger partial charge is 0.320 e. The van der Waals surface area contributed by atoms with Gasteiger partial charge in [-0.05, 0) is 13.8 Å². The molecule has 2 saturated heterocycles. The van der Waals surface area contributed by atoms with Crippen molar-refractivity contribution < 1.29 is 4.79 Å². The van der Waals surface area contributed by atoms with Crippen molar-refractivity contribution in [2.24, 2.45) is 0 Å². The maximum Gasteiger partial charge on any atom is 0.320 e. The third kappa shape index (κ3) is 1.39. The fraction of sp³-hybridized carbons (Fsp3) is 0.889. The zero-order valence-corrected chi connectivity index (χ0v) is 8.29. The summed E-state index contributed by atoms with van der Waals surface area (Å²) in [4.78, 5) is 15.7. The fourth-order valence-corrected chi connectivity index (χ4v) is 1.88. The molecule has 74 valence electrons. The highest BCUT2D eigenvalue weighted by Crippen LogP contribution is 2.16. The lowest BCUT2D eigenvalue weighted by Gasteiger charge is -2.35. The van der Waals surface area contributed by atoms with Crippen LogP contribution in [0.3, 0.4) is 0 Å². The number of rotatable bonds is 2. The number of carbonyl (C=O) groups excluding carboxylic acids is 1. The molecule has 4 nitrogen and oxygen atoms in total. The molecule has 4 heteroatoms. The highest BCUT2D eigenvalue weighted by molar-refractivity contribution is 5.77. The minimum Gasteiger partial charge on any atom is -0.320 e. The molecule has 0 aliphatic carbocycles. The minimum atomic E-state index is 0.224. The summed E-state index contributed by atoms with van der Waals surface area (Å²) in [5, 5.41) is 3.19. The summed E-state index contributed by atoms with van der Waals surface area (Å²) in [6.45, 7) is 7.88. The van der Waals surface area contributed by atoms with E-state index in [4.69, 9.17) is 0 Å². The molecular weight excluding hydrogens is 166 g/mol. The lowest BCUT2D eigenvalue weighted by molar-refractivity contribution is 0.153. The molecule has 2 amide bonds. The van der Waals surface area contributed by atoms with Crippen LogP contribution in [-0.2, 0) is 0 Å².